The second-order valence-corrected chi connectivity index (χ2v) is 2.48. The monoisotopic (exact) mass is 134 g/mol. The molecule has 0 radical (unpaired) electrons. The molecular weight excluding hydrogens is 120 g/mol. The quantitative estimate of drug-likeness (QED) is 0.470. The molecular formula is C6H14O3. The molecule has 0 saturated carbocycles. The molecule has 3 nitrogen and oxygen atoms in total. The highest BCUT2D eigenvalue weighted by Crippen LogP contribution is 2.14. The van der Waals surface area contributed by atoms with E-state index in [1.165, 1.54) is 6.92 Å². The lowest BCUT2D eigenvalue weighted by Crippen LogP contribution is -2.38. The minimum absolute atomic E-state index is 0.407. The Balaban J connectivity index is 3.70. The van der Waals surface area contributed by atoms with Gasteiger partial charge in [0.05, 0.1) is 0 Å². The zero-order chi connectivity index (χ0) is 7.49. The molecule has 0 fully saturated rings. The maximum absolute atomic E-state index is 9.09. The fraction of sp³-hybridized carbons (Fsp3) is 1.00. The Morgan fingerprint density at radius 3 is 2.00 bits per heavy atom. The van der Waals surface area contributed by atoms with Gasteiger partial charge in [-0.2, -0.15) is 0 Å². The van der Waals surface area contributed by atoms with Crippen LogP contribution < -0.4 is 0 Å². The van der Waals surface area contributed by atoms with E-state index < -0.39 is 11.9 Å². The SMILES string of the molecule is CCCC(C)(O)C(O)O. The summed E-state index contributed by atoms with van der Waals surface area (Å²) < 4.78 is 0. The number of hydrogen-bond donors (Lipinski definition) is 3. The standard InChI is InChI=1S/C6H14O3/c1-3-4-6(2,9)5(7)8/h5,7-9H,3-4H2,1-2H3. The van der Waals surface area contributed by atoms with Gasteiger partial charge in [0.15, 0.2) is 6.29 Å². The number of rotatable bonds is 3. The van der Waals surface area contributed by atoms with E-state index in [2.05, 4.69) is 0 Å². The minimum atomic E-state index is -1.63. The van der Waals surface area contributed by atoms with Crippen molar-refractivity contribution in [3.05, 3.63) is 0 Å². The topological polar surface area (TPSA) is 60.7 Å². The Bertz CT molecular complexity index is 78.4. The van der Waals surface area contributed by atoms with Gasteiger partial charge in [0.2, 0.25) is 0 Å². The van der Waals surface area contributed by atoms with Crippen molar-refractivity contribution in [2.75, 3.05) is 0 Å². The summed E-state index contributed by atoms with van der Waals surface area (Å²) in [6, 6.07) is 0. The van der Waals surface area contributed by atoms with Gasteiger partial charge < -0.3 is 15.3 Å². The molecule has 0 rings (SSSR count). The van der Waals surface area contributed by atoms with Crippen LogP contribution in [-0.2, 0) is 0 Å². The van der Waals surface area contributed by atoms with Crippen LogP contribution in [0.1, 0.15) is 26.7 Å². The molecule has 0 saturated heterocycles. The van der Waals surface area contributed by atoms with Crippen LogP contribution in [0, 0.1) is 0 Å². The molecule has 0 aliphatic heterocycles. The van der Waals surface area contributed by atoms with Crippen molar-refractivity contribution < 1.29 is 15.3 Å². The van der Waals surface area contributed by atoms with E-state index in [-0.39, 0.29) is 0 Å². The third-order valence-electron chi connectivity index (χ3n) is 1.31. The maximum atomic E-state index is 9.09. The van der Waals surface area contributed by atoms with Crippen molar-refractivity contribution in [1.29, 1.82) is 0 Å². The predicted octanol–water partition coefficient (Wildman–Crippen LogP) is -0.152. The van der Waals surface area contributed by atoms with E-state index in [4.69, 9.17) is 15.3 Å². The Morgan fingerprint density at radius 2 is 1.89 bits per heavy atom. The van der Waals surface area contributed by atoms with Gasteiger partial charge in [0, 0.05) is 0 Å². The Hall–Kier alpha value is -0.120. The summed E-state index contributed by atoms with van der Waals surface area (Å²) in [5, 5.41) is 26.1. The largest absolute Gasteiger partial charge is 0.385 e. The fourth-order valence-electron chi connectivity index (χ4n) is 0.635. The highest BCUT2D eigenvalue weighted by molar-refractivity contribution is 4.72. The van der Waals surface area contributed by atoms with Crippen molar-refractivity contribution in [1.82, 2.24) is 0 Å². The van der Waals surface area contributed by atoms with E-state index in [1.807, 2.05) is 6.92 Å². The van der Waals surface area contributed by atoms with Gasteiger partial charge in [0.1, 0.15) is 5.60 Å². The summed E-state index contributed by atoms with van der Waals surface area (Å²) in [6.45, 7) is 3.28. The summed E-state index contributed by atoms with van der Waals surface area (Å²) in [5.41, 5.74) is -1.34. The van der Waals surface area contributed by atoms with Crippen molar-refractivity contribution >= 4 is 0 Å². The lowest BCUT2D eigenvalue weighted by atomic mass is 10.0. The van der Waals surface area contributed by atoms with E-state index in [0.29, 0.717) is 6.42 Å². The van der Waals surface area contributed by atoms with Crippen LogP contribution in [0.2, 0.25) is 0 Å². The van der Waals surface area contributed by atoms with Crippen LogP contribution in [0.3, 0.4) is 0 Å². The first-order valence-corrected chi connectivity index (χ1v) is 3.09. The molecule has 0 aliphatic carbocycles. The summed E-state index contributed by atoms with van der Waals surface area (Å²) in [6.07, 6.45) is -0.479. The third-order valence-corrected chi connectivity index (χ3v) is 1.31. The van der Waals surface area contributed by atoms with Crippen molar-refractivity contribution in [3.63, 3.8) is 0 Å². The minimum Gasteiger partial charge on any atom is -0.385 e. The Morgan fingerprint density at radius 1 is 1.44 bits per heavy atom. The van der Waals surface area contributed by atoms with E-state index >= 15 is 0 Å². The second-order valence-electron chi connectivity index (χ2n) is 2.48. The number of aliphatic hydroxyl groups is 3. The molecule has 0 aromatic rings. The molecule has 3 heteroatoms. The summed E-state index contributed by atoms with van der Waals surface area (Å²) in [5.74, 6) is 0. The van der Waals surface area contributed by atoms with Gasteiger partial charge in [-0.05, 0) is 13.3 Å². The smallest absolute Gasteiger partial charge is 0.180 e. The number of hydrogen-bond acceptors (Lipinski definition) is 3. The van der Waals surface area contributed by atoms with Crippen LogP contribution >= 0.6 is 0 Å². The van der Waals surface area contributed by atoms with Crippen LogP contribution in [0.25, 0.3) is 0 Å². The zero-order valence-electron chi connectivity index (χ0n) is 5.83. The van der Waals surface area contributed by atoms with E-state index in [9.17, 15) is 0 Å². The molecule has 0 aromatic heterocycles. The normalized spacial score (nSPS) is 18.0. The highest BCUT2D eigenvalue weighted by atomic mass is 16.5. The summed E-state index contributed by atoms with van der Waals surface area (Å²) >= 11 is 0. The van der Waals surface area contributed by atoms with Crippen molar-refractivity contribution in [2.45, 2.75) is 38.6 Å². The molecule has 1 atom stereocenters. The predicted molar refractivity (Wildman–Crippen MR) is 33.8 cm³/mol. The summed E-state index contributed by atoms with van der Waals surface area (Å²) in [4.78, 5) is 0. The average Bonchev–Trinajstić information content (AvgIpc) is 1.65. The highest BCUT2D eigenvalue weighted by Gasteiger charge is 2.26. The van der Waals surface area contributed by atoms with E-state index in [1.54, 1.807) is 0 Å². The van der Waals surface area contributed by atoms with Gasteiger partial charge in [-0.15, -0.1) is 0 Å². The van der Waals surface area contributed by atoms with Crippen molar-refractivity contribution in [2.24, 2.45) is 0 Å². The van der Waals surface area contributed by atoms with Crippen LogP contribution in [0.15, 0.2) is 0 Å². The molecule has 0 amide bonds. The molecule has 0 heterocycles. The molecule has 3 N–H and O–H groups in total. The molecule has 1 unspecified atom stereocenters. The van der Waals surface area contributed by atoms with Gasteiger partial charge in [-0.3, -0.25) is 0 Å². The molecule has 0 aliphatic rings. The molecule has 9 heavy (non-hydrogen) atoms. The van der Waals surface area contributed by atoms with Gasteiger partial charge in [0.25, 0.3) is 0 Å². The first-order valence-electron chi connectivity index (χ1n) is 3.09. The van der Waals surface area contributed by atoms with Crippen LogP contribution in [-0.4, -0.2) is 27.2 Å². The summed E-state index contributed by atoms with van der Waals surface area (Å²) in [7, 11) is 0. The maximum Gasteiger partial charge on any atom is 0.180 e. The van der Waals surface area contributed by atoms with Crippen molar-refractivity contribution in [3.8, 4) is 0 Å². The Labute approximate surface area is 54.9 Å². The van der Waals surface area contributed by atoms with E-state index in [0.717, 1.165) is 6.42 Å². The Kier molecular flexibility index (Phi) is 3.11. The van der Waals surface area contributed by atoms with Gasteiger partial charge >= 0.3 is 0 Å². The van der Waals surface area contributed by atoms with Gasteiger partial charge in [-0.1, -0.05) is 13.3 Å². The molecule has 0 aromatic carbocycles. The first kappa shape index (κ1) is 8.88. The third kappa shape index (κ3) is 2.79. The second kappa shape index (κ2) is 3.15. The average molecular weight is 134 g/mol. The van der Waals surface area contributed by atoms with Crippen LogP contribution in [0.5, 0.6) is 0 Å². The lowest BCUT2D eigenvalue weighted by molar-refractivity contribution is -0.178. The number of aliphatic hydroxyl groups excluding tert-OH is 1. The van der Waals surface area contributed by atoms with Gasteiger partial charge in [-0.25, -0.2) is 0 Å². The molecule has 56 valence electrons. The fourth-order valence-corrected chi connectivity index (χ4v) is 0.635. The molecule has 0 spiro atoms. The zero-order valence-corrected chi connectivity index (χ0v) is 5.83. The first-order chi connectivity index (χ1) is 4.00. The van der Waals surface area contributed by atoms with Crippen LogP contribution in [0.4, 0.5) is 0 Å². The lowest BCUT2D eigenvalue weighted by Gasteiger charge is -2.23. The molecule has 0 bridgehead atoms.